The van der Waals surface area contributed by atoms with Crippen molar-refractivity contribution in [3.63, 3.8) is 0 Å². The van der Waals surface area contributed by atoms with Gasteiger partial charge in [0.1, 0.15) is 12.1 Å². The summed E-state index contributed by atoms with van der Waals surface area (Å²) in [6.07, 6.45) is -4.36. The van der Waals surface area contributed by atoms with Gasteiger partial charge in [0.15, 0.2) is 10.8 Å². The number of aromatic nitrogens is 2. The van der Waals surface area contributed by atoms with Crippen molar-refractivity contribution in [3.05, 3.63) is 35.2 Å². The maximum Gasteiger partial charge on any atom is 0.397 e. The number of piperazine rings is 1. The van der Waals surface area contributed by atoms with Gasteiger partial charge in [-0.3, -0.25) is 14.0 Å². The number of carbonyl (C=O) groups excluding carboxylic acids is 2. The van der Waals surface area contributed by atoms with Crippen LogP contribution < -0.4 is 0 Å². The number of hydrogen-bond donors (Lipinski definition) is 0. The fourth-order valence-electron chi connectivity index (χ4n) is 2.75. The van der Waals surface area contributed by atoms with Gasteiger partial charge >= 0.3 is 6.18 Å². The van der Waals surface area contributed by atoms with Gasteiger partial charge in [0.25, 0.3) is 5.91 Å². The smallest absolute Gasteiger partial charge is 0.339 e. The van der Waals surface area contributed by atoms with Gasteiger partial charge in [-0.2, -0.15) is 13.2 Å². The molecule has 2 amide bonds. The molecule has 6 nitrogen and oxygen atoms in total. The minimum absolute atomic E-state index is 0.0506. The predicted octanol–water partition coefficient (Wildman–Crippen LogP) is 2.22. The second-order valence-electron chi connectivity index (χ2n) is 5.65. The number of carbonyl (C=O) groups is 2. The molecule has 3 rings (SSSR count). The molecule has 0 saturated carbocycles. The van der Waals surface area contributed by atoms with E-state index in [2.05, 4.69) is 4.98 Å². The van der Waals surface area contributed by atoms with E-state index in [1.54, 1.807) is 28.8 Å². The minimum atomic E-state index is -4.53. The molecule has 2 aromatic rings. The Morgan fingerprint density at radius 3 is 2.40 bits per heavy atom. The third-order valence-corrected chi connectivity index (χ3v) is 4.22. The first-order valence-electron chi connectivity index (χ1n) is 7.52. The molecule has 1 saturated heterocycles. The van der Waals surface area contributed by atoms with Crippen LogP contribution in [-0.4, -0.2) is 63.4 Å². The van der Waals surface area contributed by atoms with Crippen molar-refractivity contribution in [3.8, 4) is 0 Å². The minimum Gasteiger partial charge on any atom is -0.339 e. The predicted molar refractivity (Wildman–Crippen MR) is 83.4 cm³/mol. The average molecular weight is 375 g/mol. The Balaban J connectivity index is 1.69. The number of nitrogens with zero attached hydrogens (tertiary/aromatic N) is 4. The monoisotopic (exact) mass is 374 g/mol. The first-order valence-corrected chi connectivity index (χ1v) is 7.90. The summed E-state index contributed by atoms with van der Waals surface area (Å²) < 4.78 is 38.5. The van der Waals surface area contributed by atoms with Gasteiger partial charge in [-0.1, -0.05) is 17.7 Å². The SMILES string of the molecule is O=C(CC(F)(F)F)N1CCN(C(=O)c2c(Cl)nc3ccccn23)CC1. The van der Waals surface area contributed by atoms with E-state index in [0.29, 0.717) is 5.65 Å². The highest BCUT2D eigenvalue weighted by molar-refractivity contribution is 6.32. The highest BCUT2D eigenvalue weighted by Gasteiger charge is 2.35. The van der Waals surface area contributed by atoms with E-state index in [1.807, 2.05) is 0 Å². The first kappa shape index (κ1) is 17.5. The Morgan fingerprint density at radius 2 is 1.76 bits per heavy atom. The van der Waals surface area contributed by atoms with Crippen LogP contribution in [0.15, 0.2) is 24.4 Å². The quantitative estimate of drug-likeness (QED) is 0.810. The van der Waals surface area contributed by atoms with Crippen LogP contribution in [-0.2, 0) is 4.79 Å². The topological polar surface area (TPSA) is 57.9 Å². The standard InChI is InChI=1S/C15H14ClF3N4O2/c16-13-12(23-4-2-1-3-10(23)20-13)14(25)22-7-5-21(6-8-22)11(24)9-15(17,18)19/h1-4H,5-9H2. The maximum absolute atomic E-state index is 12.7. The Labute approximate surface area is 145 Å². The van der Waals surface area contributed by atoms with Crippen molar-refractivity contribution in [2.45, 2.75) is 12.6 Å². The first-order chi connectivity index (χ1) is 11.8. The third kappa shape index (κ3) is 3.71. The van der Waals surface area contributed by atoms with Crippen LogP contribution in [0.2, 0.25) is 5.15 Å². The number of rotatable bonds is 2. The molecule has 134 valence electrons. The number of imidazole rings is 1. The Morgan fingerprint density at radius 1 is 1.12 bits per heavy atom. The summed E-state index contributed by atoms with van der Waals surface area (Å²) in [5, 5.41) is 0.0618. The van der Waals surface area contributed by atoms with Gasteiger partial charge in [-0.25, -0.2) is 4.98 Å². The maximum atomic E-state index is 12.7. The van der Waals surface area contributed by atoms with Crippen LogP contribution in [0.25, 0.3) is 5.65 Å². The van der Waals surface area contributed by atoms with E-state index >= 15 is 0 Å². The summed E-state index contributed by atoms with van der Waals surface area (Å²) in [6.45, 7) is 0.377. The molecular weight excluding hydrogens is 361 g/mol. The lowest BCUT2D eigenvalue weighted by Gasteiger charge is -2.34. The number of amides is 2. The van der Waals surface area contributed by atoms with Crippen molar-refractivity contribution >= 4 is 29.1 Å². The molecule has 1 aliphatic heterocycles. The lowest BCUT2D eigenvalue weighted by molar-refractivity contribution is -0.162. The van der Waals surface area contributed by atoms with Crippen molar-refractivity contribution in [1.29, 1.82) is 0 Å². The summed E-state index contributed by atoms with van der Waals surface area (Å²) in [5.41, 5.74) is 0.724. The fraction of sp³-hybridized carbons (Fsp3) is 0.400. The van der Waals surface area contributed by atoms with Crippen LogP contribution in [0.3, 0.4) is 0 Å². The molecule has 0 radical (unpaired) electrons. The van der Waals surface area contributed by atoms with Crippen molar-refractivity contribution in [1.82, 2.24) is 19.2 Å². The Kier molecular flexibility index (Phi) is 4.59. The highest BCUT2D eigenvalue weighted by atomic mass is 35.5. The van der Waals surface area contributed by atoms with Gasteiger partial charge in [0.2, 0.25) is 5.91 Å². The normalized spacial score (nSPS) is 15.7. The van der Waals surface area contributed by atoms with Gasteiger partial charge < -0.3 is 9.80 Å². The zero-order valence-electron chi connectivity index (χ0n) is 13.0. The van der Waals surface area contributed by atoms with Crippen molar-refractivity contribution < 1.29 is 22.8 Å². The number of fused-ring (bicyclic) bond motifs is 1. The Bertz CT molecular complexity index is 813. The largest absolute Gasteiger partial charge is 0.397 e. The van der Waals surface area contributed by atoms with E-state index < -0.39 is 18.5 Å². The summed E-state index contributed by atoms with van der Waals surface area (Å²) >= 11 is 6.06. The lowest BCUT2D eigenvalue weighted by atomic mass is 10.2. The number of halogens is 4. The molecule has 0 bridgehead atoms. The van der Waals surface area contributed by atoms with Gasteiger partial charge in [0, 0.05) is 32.4 Å². The van der Waals surface area contributed by atoms with E-state index in [0.717, 1.165) is 4.90 Å². The third-order valence-electron chi connectivity index (χ3n) is 3.96. The lowest BCUT2D eigenvalue weighted by Crippen LogP contribution is -2.51. The number of alkyl halides is 3. The fourth-order valence-corrected chi connectivity index (χ4v) is 3.01. The molecular formula is C15H14ClF3N4O2. The molecule has 0 atom stereocenters. The second-order valence-corrected chi connectivity index (χ2v) is 6.00. The van der Waals surface area contributed by atoms with Crippen LogP contribution in [0, 0.1) is 0 Å². The summed E-state index contributed by atoms with van der Waals surface area (Å²) in [6, 6.07) is 5.20. The molecule has 0 aromatic carbocycles. The summed E-state index contributed by atoms with van der Waals surface area (Å²) in [5.74, 6) is -1.35. The molecule has 1 aliphatic rings. The zero-order valence-corrected chi connectivity index (χ0v) is 13.7. The van der Waals surface area contributed by atoms with Crippen molar-refractivity contribution in [2.24, 2.45) is 0 Å². The van der Waals surface area contributed by atoms with Gasteiger partial charge in [0.05, 0.1) is 0 Å². The van der Waals surface area contributed by atoms with Crippen LogP contribution in [0.5, 0.6) is 0 Å². The van der Waals surface area contributed by atoms with Crippen LogP contribution in [0.1, 0.15) is 16.9 Å². The highest BCUT2D eigenvalue weighted by Crippen LogP contribution is 2.22. The average Bonchev–Trinajstić information content (AvgIpc) is 2.88. The van der Waals surface area contributed by atoms with Crippen LogP contribution in [0.4, 0.5) is 13.2 Å². The Hall–Kier alpha value is -2.29. The van der Waals surface area contributed by atoms with E-state index in [9.17, 15) is 22.8 Å². The molecule has 0 spiro atoms. The van der Waals surface area contributed by atoms with E-state index in [-0.39, 0.29) is 42.9 Å². The zero-order chi connectivity index (χ0) is 18.2. The molecule has 0 aliphatic carbocycles. The molecule has 10 heteroatoms. The van der Waals surface area contributed by atoms with Gasteiger partial charge in [-0.05, 0) is 12.1 Å². The molecule has 3 heterocycles. The molecule has 2 aromatic heterocycles. The number of pyridine rings is 1. The molecule has 0 N–H and O–H groups in total. The van der Waals surface area contributed by atoms with Gasteiger partial charge in [-0.15, -0.1) is 0 Å². The van der Waals surface area contributed by atoms with E-state index in [4.69, 9.17) is 11.6 Å². The molecule has 0 unspecified atom stereocenters. The summed E-state index contributed by atoms with van der Waals surface area (Å²) in [7, 11) is 0. The summed E-state index contributed by atoms with van der Waals surface area (Å²) in [4.78, 5) is 31.0. The van der Waals surface area contributed by atoms with Crippen molar-refractivity contribution in [2.75, 3.05) is 26.2 Å². The molecule has 1 fully saturated rings. The molecule has 25 heavy (non-hydrogen) atoms. The van der Waals surface area contributed by atoms with E-state index in [1.165, 1.54) is 4.90 Å². The number of hydrogen-bond acceptors (Lipinski definition) is 3. The van der Waals surface area contributed by atoms with Crippen LogP contribution >= 0.6 is 11.6 Å². The second kappa shape index (κ2) is 6.55.